The molecule has 0 bridgehead atoms. The Morgan fingerprint density at radius 1 is 1.16 bits per heavy atom. The number of amides is 1. The molecule has 2 atom stereocenters. The van der Waals surface area contributed by atoms with E-state index in [1.165, 1.54) is 0 Å². The molecule has 9 nitrogen and oxygen atoms in total. The fourth-order valence-electron chi connectivity index (χ4n) is 4.43. The first-order valence-electron chi connectivity index (χ1n) is 12.5. The summed E-state index contributed by atoms with van der Waals surface area (Å²) in [5.41, 5.74) is 7.84. The van der Waals surface area contributed by atoms with Gasteiger partial charge in [-0.3, -0.25) is 14.3 Å². The number of likely N-dealkylation sites (tertiary alicyclic amines) is 1. The molecule has 1 aromatic heterocycles. The molecule has 0 saturated carbocycles. The van der Waals surface area contributed by atoms with Crippen LogP contribution in [0.25, 0.3) is 0 Å². The molecule has 1 aliphatic rings. The molecule has 1 aliphatic heterocycles. The van der Waals surface area contributed by atoms with E-state index in [4.69, 9.17) is 22.1 Å². The molecule has 37 heavy (non-hydrogen) atoms. The van der Waals surface area contributed by atoms with E-state index in [9.17, 15) is 14.7 Å². The molecule has 196 valence electrons. The van der Waals surface area contributed by atoms with Gasteiger partial charge < -0.3 is 20.5 Å². The first-order valence-corrected chi connectivity index (χ1v) is 12.9. The molecular formula is C27H32ClN5O4. The van der Waals surface area contributed by atoms with Gasteiger partial charge >= 0.3 is 0 Å². The number of nitrogen functional groups attached to an aromatic ring is 1. The lowest BCUT2D eigenvalue weighted by molar-refractivity contribution is -0.134. The van der Waals surface area contributed by atoms with E-state index in [2.05, 4.69) is 10.3 Å². The number of anilines is 1. The van der Waals surface area contributed by atoms with Crippen LogP contribution in [0.15, 0.2) is 54.7 Å². The third-order valence-electron chi connectivity index (χ3n) is 6.49. The summed E-state index contributed by atoms with van der Waals surface area (Å²) in [7, 11) is 0. The second-order valence-electron chi connectivity index (χ2n) is 9.31. The lowest BCUT2D eigenvalue weighted by Gasteiger charge is -2.24. The number of carbonyl (C=O) groups excluding carboxylic acids is 2. The van der Waals surface area contributed by atoms with Gasteiger partial charge in [-0.1, -0.05) is 35.0 Å². The molecule has 0 radical (unpaired) electrons. The molecule has 1 fully saturated rings. The second-order valence-corrected chi connectivity index (χ2v) is 9.75. The summed E-state index contributed by atoms with van der Waals surface area (Å²) < 4.78 is 7.24. The van der Waals surface area contributed by atoms with Gasteiger partial charge in [0.1, 0.15) is 29.9 Å². The first-order chi connectivity index (χ1) is 17.9. The van der Waals surface area contributed by atoms with Crippen LogP contribution in [-0.2, 0) is 22.6 Å². The smallest absolute Gasteiger partial charge is 0.223 e. The van der Waals surface area contributed by atoms with Crippen LogP contribution in [0.2, 0.25) is 5.02 Å². The lowest BCUT2D eigenvalue weighted by Crippen LogP contribution is -2.38. The maximum Gasteiger partial charge on any atom is 0.223 e. The molecule has 1 amide bonds. The van der Waals surface area contributed by atoms with Crippen molar-refractivity contribution < 1.29 is 19.4 Å². The number of benzene rings is 2. The summed E-state index contributed by atoms with van der Waals surface area (Å²) >= 11 is 5.96. The molecule has 3 aromatic rings. The Bertz CT molecular complexity index is 1200. The maximum absolute atomic E-state index is 12.9. The summed E-state index contributed by atoms with van der Waals surface area (Å²) in [4.78, 5) is 27.1. The van der Waals surface area contributed by atoms with Crippen molar-refractivity contribution in [3.63, 3.8) is 0 Å². The molecule has 0 spiro atoms. The number of aliphatic hydroxyl groups excluding tert-OH is 1. The van der Waals surface area contributed by atoms with E-state index < -0.39 is 6.10 Å². The highest BCUT2D eigenvalue weighted by Gasteiger charge is 2.29. The number of nitrogens with zero attached hydrogens (tertiary/aromatic N) is 4. The molecule has 3 N–H and O–H groups in total. The van der Waals surface area contributed by atoms with Gasteiger partial charge in [-0.15, -0.1) is 5.10 Å². The topological polar surface area (TPSA) is 124 Å². The Kier molecular flexibility index (Phi) is 9.14. The minimum atomic E-state index is -0.951. The number of aromatic nitrogens is 3. The van der Waals surface area contributed by atoms with Crippen LogP contribution in [0, 0.1) is 0 Å². The van der Waals surface area contributed by atoms with Crippen molar-refractivity contribution in [1.82, 2.24) is 19.9 Å². The van der Waals surface area contributed by atoms with E-state index in [1.54, 1.807) is 35.1 Å². The third kappa shape index (κ3) is 7.77. The third-order valence-corrected chi connectivity index (χ3v) is 6.72. The zero-order chi connectivity index (χ0) is 26.2. The normalized spacial score (nSPS) is 16.1. The van der Waals surface area contributed by atoms with E-state index >= 15 is 0 Å². The van der Waals surface area contributed by atoms with Crippen LogP contribution in [0.3, 0.4) is 0 Å². The van der Waals surface area contributed by atoms with Crippen molar-refractivity contribution in [2.24, 2.45) is 0 Å². The van der Waals surface area contributed by atoms with Gasteiger partial charge in [0.2, 0.25) is 5.91 Å². The van der Waals surface area contributed by atoms with E-state index in [-0.39, 0.29) is 37.2 Å². The first kappa shape index (κ1) is 26.6. The van der Waals surface area contributed by atoms with Crippen molar-refractivity contribution in [2.45, 2.75) is 57.2 Å². The second kappa shape index (κ2) is 12.7. The van der Waals surface area contributed by atoms with Crippen molar-refractivity contribution in [3.05, 3.63) is 71.0 Å². The molecule has 0 aliphatic carbocycles. The van der Waals surface area contributed by atoms with Crippen LogP contribution < -0.4 is 10.5 Å². The summed E-state index contributed by atoms with van der Waals surface area (Å²) in [5.74, 6) is 0.622. The highest BCUT2D eigenvalue weighted by molar-refractivity contribution is 6.30. The highest BCUT2D eigenvalue weighted by atomic mass is 35.5. The quantitative estimate of drug-likeness (QED) is 0.346. The van der Waals surface area contributed by atoms with Crippen LogP contribution in [-0.4, -0.2) is 55.9 Å². The molecular weight excluding hydrogens is 494 g/mol. The van der Waals surface area contributed by atoms with E-state index in [0.29, 0.717) is 48.1 Å². The Hall–Kier alpha value is -3.43. The van der Waals surface area contributed by atoms with Gasteiger partial charge in [-0.05, 0) is 55.2 Å². The molecule has 10 heteroatoms. The fourth-order valence-corrected chi connectivity index (χ4v) is 4.61. The predicted molar refractivity (Wildman–Crippen MR) is 140 cm³/mol. The highest BCUT2D eigenvalue weighted by Crippen LogP contribution is 2.22. The standard InChI is InChI=1S/C27H32ClN5O4/c28-20-3-1-5-24(15-20)37-18-26(35)25-17-32(31-30-25)16-22-4-2-14-33(22)27(36)13-12-23(34)11-8-19-6-9-21(29)10-7-19/h1,3,5-7,9-10,15,17,22,26,35H,2,4,8,11-14,16,18,29H2/t22-,26?/m1/s1. The zero-order valence-electron chi connectivity index (χ0n) is 20.6. The van der Waals surface area contributed by atoms with E-state index in [0.717, 1.165) is 18.4 Å². The number of carbonyl (C=O) groups is 2. The number of halogens is 1. The van der Waals surface area contributed by atoms with Crippen molar-refractivity contribution in [3.8, 4) is 5.75 Å². The summed E-state index contributed by atoms with van der Waals surface area (Å²) in [6.07, 6.45) is 3.98. The minimum Gasteiger partial charge on any atom is -0.490 e. The number of aryl methyl sites for hydroxylation is 1. The van der Waals surface area contributed by atoms with Crippen LogP contribution in [0.5, 0.6) is 5.75 Å². The number of ketones is 1. The van der Waals surface area contributed by atoms with Gasteiger partial charge in [-0.2, -0.15) is 0 Å². The average Bonchev–Trinajstić information content (AvgIpc) is 3.56. The number of hydrogen-bond acceptors (Lipinski definition) is 7. The van der Waals surface area contributed by atoms with Gasteiger partial charge in [0.25, 0.3) is 0 Å². The van der Waals surface area contributed by atoms with E-state index in [1.807, 2.05) is 29.2 Å². The molecule has 4 rings (SSSR count). The van der Waals surface area contributed by atoms with Gasteiger partial charge in [0, 0.05) is 36.5 Å². The largest absolute Gasteiger partial charge is 0.490 e. The van der Waals surface area contributed by atoms with Crippen LogP contribution >= 0.6 is 11.6 Å². The number of aliphatic hydroxyl groups is 1. The monoisotopic (exact) mass is 525 g/mol. The van der Waals surface area contributed by atoms with Crippen molar-refractivity contribution >= 4 is 29.0 Å². The van der Waals surface area contributed by atoms with Crippen LogP contribution in [0.1, 0.15) is 49.5 Å². The van der Waals surface area contributed by atoms with Crippen molar-refractivity contribution in [1.29, 1.82) is 0 Å². The number of Topliss-reactive ketones (excluding diaryl/α,β-unsaturated/α-hetero) is 1. The molecule has 2 aromatic carbocycles. The predicted octanol–water partition coefficient (Wildman–Crippen LogP) is 3.60. The maximum atomic E-state index is 12.9. The van der Waals surface area contributed by atoms with Gasteiger partial charge in [-0.25, -0.2) is 0 Å². The van der Waals surface area contributed by atoms with Crippen LogP contribution in [0.4, 0.5) is 5.69 Å². The zero-order valence-corrected chi connectivity index (χ0v) is 21.4. The Morgan fingerprint density at radius 2 is 1.97 bits per heavy atom. The van der Waals surface area contributed by atoms with Crippen molar-refractivity contribution in [2.75, 3.05) is 18.9 Å². The fraction of sp³-hybridized carbons (Fsp3) is 0.407. The molecule has 1 saturated heterocycles. The minimum absolute atomic E-state index is 0.0133. The Balaban J connectivity index is 1.22. The molecule has 2 heterocycles. The average molecular weight is 526 g/mol. The number of rotatable bonds is 12. The van der Waals surface area contributed by atoms with Gasteiger partial charge in [0.05, 0.1) is 18.8 Å². The summed E-state index contributed by atoms with van der Waals surface area (Å²) in [6, 6.07) is 14.4. The Labute approximate surface area is 221 Å². The summed E-state index contributed by atoms with van der Waals surface area (Å²) in [6.45, 7) is 1.16. The number of ether oxygens (including phenoxy) is 1. The molecule has 1 unspecified atom stereocenters. The SMILES string of the molecule is Nc1ccc(CCC(=O)CCC(=O)N2CCC[C@@H]2Cn2cc(C(O)COc3cccc(Cl)c3)nn2)cc1. The summed E-state index contributed by atoms with van der Waals surface area (Å²) in [5, 5.41) is 19.2. The Morgan fingerprint density at radius 3 is 2.76 bits per heavy atom. The van der Waals surface area contributed by atoms with Gasteiger partial charge in [0.15, 0.2) is 0 Å². The lowest BCUT2D eigenvalue weighted by atomic mass is 10.0. The number of nitrogens with two attached hydrogens (primary N) is 1. The number of hydrogen-bond donors (Lipinski definition) is 2.